The van der Waals surface area contributed by atoms with Crippen LogP contribution in [0.2, 0.25) is 0 Å². The quantitative estimate of drug-likeness (QED) is 0.671. The number of anilines is 1. The summed E-state index contributed by atoms with van der Waals surface area (Å²) in [5.41, 5.74) is 3.04. The van der Waals surface area contributed by atoms with Crippen LogP contribution in [0.1, 0.15) is 36.4 Å². The Morgan fingerprint density at radius 1 is 1.03 bits per heavy atom. The van der Waals surface area contributed by atoms with Crippen molar-refractivity contribution in [2.45, 2.75) is 31.7 Å². The molecule has 1 N–H and O–H groups in total. The van der Waals surface area contributed by atoms with Crippen molar-refractivity contribution >= 4 is 22.4 Å². The number of amides is 1. The van der Waals surface area contributed by atoms with Crippen LogP contribution in [0.4, 0.5) is 5.69 Å². The van der Waals surface area contributed by atoms with Crippen molar-refractivity contribution in [1.82, 2.24) is 4.90 Å². The third kappa shape index (κ3) is 3.36. The standard InChI is InChI=1S/C26H25N3O/c27-18-26(17-24(30)28-21-9-2-1-3-10-21)12-14-29(15-13-26)23-16-20-8-4-6-19-7-5-11-22(23)25(19)20/h1-11,23H,12-17H2,(H,28,30). The molecule has 1 aliphatic carbocycles. The fourth-order valence-corrected chi connectivity index (χ4v) is 5.17. The molecule has 0 aromatic heterocycles. The fourth-order valence-electron chi connectivity index (χ4n) is 5.17. The molecule has 1 saturated heterocycles. The molecule has 1 unspecified atom stereocenters. The topological polar surface area (TPSA) is 56.1 Å². The Kier molecular flexibility index (Phi) is 4.77. The number of likely N-dealkylation sites (tertiary alicyclic amines) is 1. The molecule has 0 radical (unpaired) electrons. The van der Waals surface area contributed by atoms with Crippen molar-refractivity contribution in [2.75, 3.05) is 18.4 Å². The van der Waals surface area contributed by atoms with Gasteiger partial charge in [0.1, 0.15) is 0 Å². The highest BCUT2D eigenvalue weighted by Gasteiger charge is 2.40. The zero-order chi connectivity index (χ0) is 20.6. The van der Waals surface area contributed by atoms with Gasteiger partial charge in [-0.3, -0.25) is 9.69 Å². The molecule has 4 nitrogen and oxygen atoms in total. The van der Waals surface area contributed by atoms with Gasteiger partial charge in [-0.2, -0.15) is 5.26 Å². The maximum atomic E-state index is 12.6. The average Bonchev–Trinajstić information content (AvgIpc) is 3.16. The lowest BCUT2D eigenvalue weighted by atomic mass is 9.76. The molecule has 1 amide bonds. The van der Waals surface area contributed by atoms with Crippen molar-refractivity contribution in [1.29, 1.82) is 5.26 Å². The van der Waals surface area contributed by atoms with Gasteiger partial charge in [-0.05, 0) is 53.3 Å². The zero-order valence-electron chi connectivity index (χ0n) is 17.0. The maximum absolute atomic E-state index is 12.6. The lowest BCUT2D eigenvalue weighted by molar-refractivity contribution is -0.118. The highest BCUT2D eigenvalue weighted by Crippen LogP contribution is 2.43. The summed E-state index contributed by atoms with van der Waals surface area (Å²) >= 11 is 0. The largest absolute Gasteiger partial charge is 0.326 e. The second-order valence-electron chi connectivity index (χ2n) is 8.60. The molecule has 1 atom stereocenters. The van der Waals surface area contributed by atoms with Crippen LogP contribution in [0.3, 0.4) is 0 Å². The molecule has 3 aromatic rings. The molecule has 2 aliphatic rings. The van der Waals surface area contributed by atoms with E-state index in [9.17, 15) is 10.1 Å². The minimum atomic E-state index is -0.577. The van der Waals surface area contributed by atoms with Gasteiger partial charge in [-0.15, -0.1) is 0 Å². The summed E-state index contributed by atoms with van der Waals surface area (Å²) in [7, 11) is 0. The van der Waals surface area contributed by atoms with E-state index in [0.717, 1.165) is 38.0 Å². The van der Waals surface area contributed by atoms with Crippen molar-refractivity contribution < 1.29 is 4.79 Å². The van der Waals surface area contributed by atoms with Gasteiger partial charge in [0, 0.05) is 31.2 Å². The Balaban J connectivity index is 1.27. The highest BCUT2D eigenvalue weighted by molar-refractivity contribution is 5.92. The summed E-state index contributed by atoms with van der Waals surface area (Å²) in [6.07, 6.45) is 2.75. The summed E-state index contributed by atoms with van der Waals surface area (Å²) in [6.45, 7) is 1.70. The molecular formula is C26H25N3O. The first kappa shape index (κ1) is 18.8. The molecule has 1 aliphatic heterocycles. The summed E-state index contributed by atoms with van der Waals surface area (Å²) < 4.78 is 0. The average molecular weight is 396 g/mol. The van der Waals surface area contributed by atoms with Gasteiger partial charge >= 0.3 is 0 Å². The minimum Gasteiger partial charge on any atom is -0.326 e. The van der Waals surface area contributed by atoms with E-state index in [1.807, 2.05) is 30.3 Å². The maximum Gasteiger partial charge on any atom is 0.225 e. The van der Waals surface area contributed by atoms with Crippen LogP contribution in [0.25, 0.3) is 10.8 Å². The summed E-state index contributed by atoms with van der Waals surface area (Å²) in [4.78, 5) is 15.1. The van der Waals surface area contributed by atoms with E-state index in [1.54, 1.807) is 0 Å². The number of nitriles is 1. The number of hydrogen-bond acceptors (Lipinski definition) is 3. The minimum absolute atomic E-state index is 0.0748. The number of carbonyl (C=O) groups excluding carboxylic acids is 1. The van der Waals surface area contributed by atoms with E-state index in [0.29, 0.717) is 6.04 Å². The molecule has 0 spiro atoms. The Bertz CT molecular complexity index is 1120. The second kappa shape index (κ2) is 7.59. The molecule has 4 heteroatoms. The van der Waals surface area contributed by atoms with Crippen LogP contribution in [0, 0.1) is 16.7 Å². The number of benzene rings is 3. The highest BCUT2D eigenvalue weighted by atomic mass is 16.1. The van der Waals surface area contributed by atoms with Crippen LogP contribution in [-0.2, 0) is 11.2 Å². The number of nitrogens with zero attached hydrogens (tertiary/aromatic N) is 2. The van der Waals surface area contributed by atoms with Crippen LogP contribution < -0.4 is 5.32 Å². The van der Waals surface area contributed by atoms with Crippen molar-refractivity contribution in [2.24, 2.45) is 5.41 Å². The van der Waals surface area contributed by atoms with Crippen LogP contribution >= 0.6 is 0 Å². The van der Waals surface area contributed by atoms with Gasteiger partial charge in [0.05, 0.1) is 11.5 Å². The normalized spacial score (nSPS) is 20.0. The van der Waals surface area contributed by atoms with Gasteiger partial charge in [0.2, 0.25) is 5.91 Å². The van der Waals surface area contributed by atoms with Gasteiger partial charge in [-0.25, -0.2) is 0 Å². The van der Waals surface area contributed by atoms with Crippen molar-refractivity contribution in [3.05, 3.63) is 77.9 Å². The fraction of sp³-hybridized carbons (Fsp3) is 0.308. The number of para-hydroxylation sites is 1. The lowest BCUT2D eigenvalue weighted by Gasteiger charge is -2.40. The molecule has 0 bridgehead atoms. The monoisotopic (exact) mass is 395 g/mol. The smallest absolute Gasteiger partial charge is 0.225 e. The van der Waals surface area contributed by atoms with Crippen LogP contribution in [0.5, 0.6) is 0 Å². The number of nitrogens with one attached hydrogen (secondary N) is 1. The molecule has 30 heavy (non-hydrogen) atoms. The second-order valence-corrected chi connectivity index (χ2v) is 8.60. The van der Waals surface area contributed by atoms with E-state index in [4.69, 9.17) is 0 Å². The molecule has 3 aromatic carbocycles. The predicted octanol–water partition coefficient (Wildman–Crippen LogP) is 5.07. The van der Waals surface area contributed by atoms with Gasteiger partial charge in [-0.1, -0.05) is 54.6 Å². The Morgan fingerprint density at radius 2 is 1.77 bits per heavy atom. The first-order valence-corrected chi connectivity index (χ1v) is 10.7. The van der Waals surface area contributed by atoms with E-state index in [1.165, 1.54) is 21.9 Å². The van der Waals surface area contributed by atoms with Crippen molar-refractivity contribution in [3.63, 3.8) is 0 Å². The molecule has 5 rings (SSSR count). The molecule has 0 saturated carbocycles. The van der Waals surface area contributed by atoms with E-state index in [-0.39, 0.29) is 12.3 Å². The lowest BCUT2D eigenvalue weighted by Crippen LogP contribution is -2.42. The molecule has 1 fully saturated rings. The zero-order valence-corrected chi connectivity index (χ0v) is 17.0. The first-order chi connectivity index (χ1) is 14.7. The molecule has 1 heterocycles. The predicted molar refractivity (Wildman–Crippen MR) is 119 cm³/mol. The summed E-state index contributed by atoms with van der Waals surface area (Å²) in [5.74, 6) is -0.0748. The summed E-state index contributed by atoms with van der Waals surface area (Å²) in [5, 5.41) is 15.6. The van der Waals surface area contributed by atoms with Gasteiger partial charge in [0.25, 0.3) is 0 Å². The van der Waals surface area contributed by atoms with Crippen molar-refractivity contribution in [3.8, 4) is 6.07 Å². The van der Waals surface area contributed by atoms with E-state index >= 15 is 0 Å². The van der Waals surface area contributed by atoms with E-state index < -0.39 is 5.41 Å². The van der Waals surface area contributed by atoms with Gasteiger partial charge in [0.15, 0.2) is 0 Å². The number of hydrogen-bond donors (Lipinski definition) is 1. The summed E-state index contributed by atoms with van der Waals surface area (Å²) in [6, 6.07) is 25.5. The van der Waals surface area contributed by atoms with Gasteiger partial charge < -0.3 is 5.32 Å². The number of carbonyl (C=O) groups is 1. The van der Waals surface area contributed by atoms with Crippen LogP contribution in [0.15, 0.2) is 66.7 Å². The number of piperidine rings is 1. The Morgan fingerprint density at radius 3 is 2.50 bits per heavy atom. The SMILES string of the molecule is N#CC1(CC(=O)Nc2ccccc2)CCN(C2Cc3cccc4cccc2c34)CC1. The third-order valence-electron chi connectivity index (χ3n) is 6.79. The third-order valence-corrected chi connectivity index (χ3v) is 6.79. The first-order valence-electron chi connectivity index (χ1n) is 10.7. The Labute approximate surface area is 177 Å². The Hall–Kier alpha value is -3.16. The molecule has 150 valence electrons. The van der Waals surface area contributed by atoms with Crippen LogP contribution in [-0.4, -0.2) is 23.9 Å². The van der Waals surface area contributed by atoms with E-state index in [2.05, 4.69) is 52.7 Å². The number of rotatable bonds is 4. The molecular weight excluding hydrogens is 370 g/mol.